The maximum atomic E-state index is 12.2. The van der Waals surface area contributed by atoms with E-state index in [0.29, 0.717) is 0 Å². The number of nitrogens with one attached hydrogen (secondary N) is 1. The lowest BCUT2D eigenvalue weighted by atomic mass is 9.91. The van der Waals surface area contributed by atoms with Crippen molar-refractivity contribution in [1.29, 1.82) is 0 Å². The van der Waals surface area contributed by atoms with Crippen molar-refractivity contribution in [1.82, 2.24) is 5.32 Å². The van der Waals surface area contributed by atoms with Gasteiger partial charge in [0, 0.05) is 11.3 Å². The van der Waals surface area contributed by atoms with Crippen LogP contribution in [0.3, 0.4) is 0 Å². The number of benzene rings is 1. The standard InChI is InChI=1S/C16H17NO2/c1-4-8-11-13(5-2)17-16(18)15(11)12-9-6-7-10-14(12)19-3/h4-10,15H,1H2,2-3H3,(H,17,18)/b11-8+,13-5+. The highest BCUT2D eigenvalue weighted by atomic mass is 16.5. The third-order valence-electron chi connectivity index (χ3n) is 3.18. The molecular weight excluding hydrogens is 238 g/mol. The van der Waals surface area contributed by atoms with Crippen LogP contribution in [0.5, 0.6) is 5.75 Å². The topological polar surface area (TPSA) is 38.3 Å². The van der Waals surface area contributed by atoms with Crippen LogP contribution < -0.4 is 10.1 Å². The summed E-state index contributed by atoms with van der Waals surface area (Å²) in [6, 6.07) is 7.58. The van der Waals surface area contributed by atoms with Crippen LogP contribution in [-0.2, 0) is 4.79 Å². The van der Waals surface area contributed by atoms with Crippen molar-refractivity contribution in [3.05, 3.63) is 65.9 Å². The molecule has 0 aromatic heterocycles. The van der Waals surface area contributed by atoms with E-state index in [1.165, 1.54) is 0 Å². The molecule has 1 N–H and O–H groups in total. The summed E-state index contributed by atoms with van der Waals surface area (Å²) in [5.74, 6) is 0.334. The first-order valence-electron chi connectivity index (χ1n) is 6.16. The van der Waals surface area contributed by atoms with Gasteiger partial charge in [0.25, 0.3) is 0 Å². The molecule has 0 aliphatic carbocycles. The predicted molar refractivity (Wildman–Crippen MR) is 75.9 cm³/mol. The average molecular weight is 255 g/mol. The molecule has 19 heavy (non-hydrogen) atoms. The van der Waals surface area contributed by atoms with E-state index in [2.05, 4.69) is 11.9 Å². The third-order valence-corrected chi connectivity index (χ3v) is 3.18. The summed E-state index contributed by atoms with van der Waals surface area (Å²) in [6.45, 7) is 5.61. The highest BCUT2D eigenvalue weighted by Crippen LogP contribution is 2.38. The van der Waals surface area contributed by atoms with E-state index < -0.39 is 0 Å². The van der Waals surface area contributed by atoms with Crippen LogP contribution in [0, 0.1) is 0 Å². The fraction of sp³-hybridized carbons (Fsp3) is 0.188. The summed E-state index contributed by atoms with van der Waals surface area (Å²) >= 11 is 0. The lowest BCUT2D eigenvalue weighted by Crippen LogP contribution is -2.17. The van der Waals surface area contributed by atoms with Crippen LogP contribution >= 0.6 is 0 Å². The number of para-hydroxylation sites is 1. The first kappa shape index (κ1) is 13.1. The Hall–Kier alpha value is -2.29. The zero-order valence-electron chi connectivity index (χ0n) is 11.1. The second kappa shape index (κ2) is 5.57. The molecule has 1 heterocycles. The molecule has 0 bridgehead atoms. The molecule has 1 fully saturated rings. The highest BCUT2D eigenvalue weighted by Gasteiger charge is 2.35. The first-order valence-corrected chi connectivity index (χ1v) is 6.16. The van der Waals surface area contributed by atoms with E-state index in [1.807, 2.05) is 43.3 Å². The molecule has 0 saturated carbocycles. The Bertz CT molecular complexity index is 570. The summed E-state index contributed by atoms with van der Waals surface area (Å²) in [5, 5.41) is 2.89. The van der Waals surface area contributed by atoms with Gasteiger partial charge in [0.1, 0.15) is 5.75 Å². The predicted octanol–water partition coefficient (Wildman–Crippen LogP) is 2.92. The summed E-state index contributed by atoms with van der Waals surface area (Å²) < 4.78 is 5.35. The Balaban J connectivity index is 2.56. The molecule has 0 radical (unpaired) electrons. The quantitative estimate of drug-likeness (QED) is 0.901. The number of hydrogen-bond acceptors (Lipinski definition) is 2. The van der Waals surface area contributed by atoms with Crippen LogP contribution in [0.1, 0.15) is 18.4 Å². The van der Waals surface area contributed by atoms with Crippen LogP contribution in [0.15, 0.2) is 60.3 Å². The van der Waals surface area contributed by atoms with Gasteiger partial charge in [0.2, 0.25) is 5.91 Å². The SMILES string of the molecule is C=C/C=C1\C(=C/C)NC(=O)C1c1ccccc1OC. The number of methoxy groups -OCH3 is 1. The number of ether oxygens (including phenoxy) is 1. The fourth-order valence-electron chi connectivity index (χ4n) is 2.34. The van der Waals surface area contributed by atoms with E-state index in [9.17, 15) is 4.79 Å². The van der Waals surface area contributed by atoms with Gasteiger partial charge in [-0.05, 0) is 18.6 Å². The molecule has 1 aromatic rings. The van der Waals surface area contributed by atoms with Crippen molar-refractivity contribution in [2.75, 3.05) is 7.11 Å². The fourth-order valence-corrected chi connectivity index (χ4v) is 2.34. The Morgan fingerprint density at radius 2 is 2.11 bits per heavy atom. The molecule has 1 aliphatic heterocycles. The first-order chi connectivity index (χ1) is 9.22. The number of carbonyl (C=O) groups excluding carboxylic acids is 1. The molecule has 3 nitrogen and oxygen atoms in total. The van der Waals surface area contributed by atoms with Gasteiger partial charge < -0.3 is 10.1 Å². The molecule has 0 spiro atoms. The number of rotatable bonds is 3. The van der Waals surface area contributed by atoms with Gasteiger partial charge in [-0.1, -0.05) is 43.0 Å². The van der Waals surface area contributed by atoms with Gasteiger partial charge in [-0.2, -0.15) is 0 Å². The van der Waals surface area contributed by atoms with Gasteiger partial charge in [-0.25, -0.2) is 0 Å². The Labute approximate surface area is 113 Å². The van der Waals surface area contributed by atoms with E-state index in [-0.39, 0.29) is 11.8 Å². The number of carbonyl (C=O) groups is 1. The summed E-state index contributed by atoms with van der Waals surface area (Å²) in [7, 11) is 1.61. The van der Waals surface area contributed by atoms with E-state index in [1.54, 1.807) is 13.2 Å². The highest BCUT2D eigenvalue weighted by molar-refractivity contribution is 5.95. The average Bonchev–Trinajstić information content (AvgIpc) is 2.75. The molecule has 1 saturated heterocycles. The maximum Gasteiger partial charge on any atom is 0.236 e. The molecule has 1 aromatic carbocycles. The maximum absolute atomic E-state index is 12.2. The molecule has 2 rings (SSSR count). The van der Waals surface area contributed by atoms with Gasteiger partial charge >= 0.3 is 0 Å². The lowest BCUT2D eigenvalue weighted by molar-refractivity contribution is -0.119. The van der Waals surface area contributed by atoms with Gasteiger partial charge in [0.05, 0.1) is 13.0 Å². The monoisotopic (exact) mass is 255 g/mol. The largest absolute Gasteiger partial charge is 0.496 e. The molecule has 1 amide bonds. The normalized spacial score (nSPS) is 22.6. The molecular formula is C16H17NO2. The van der Waals surface area contributed by atoms with E-state index in [0.717, 1.165) is 22.6 Å². The summed E-state index contributed by atoms with van der Waals surface area (Å²) in [4.78, 5) is 12.2. The van der Waals surface area contributed by atoms with Crippen molar-refractivity contribution < 1.29 is 9.53 Å². The molecule has 1 aliphatic rings. The Morgan fingerprint density at radius 3 is 2.74 bits per heavy atom. The summed E-state index contributed by atoms with van der Waals surface area (Å²) in [6.07, 6.45) is 5.45. The Morgan fingerprint density at radius 1 is 1.37 bits per heavy atom. The number of allylic oxidation sites excluding steroid dienone is 4. The lowest BCUT2D eigenvalue weighted by Gasteiger charge is -2.13. The smallest absolute Gasteiger partial charge is 0.236 e. The van der Waals surface area contributed by atoms with Crippen LogP contribution in [0.25, 0.3) is 0 Å². The molecule has 1 atom stereocenters. The second-order valence-electron chi connectivity index (χ2n) is 4.22. The zero-order valence-corrected chi connectivity index (χ0v) is 11.1. The summed E-state index contributed by atoms with van der Waals surface area (Å²) in [5.41, 5.74) is 2.63. The van der Waals surface area contributed by atoms with Crippen molar-refractivity contribution in [2.45, 2.75) is 12.8 Å². The van der Waals surface area contributed by atoms with Crippen LogP contribution in [-0.4, -0.2) is 13.0 Å². The van der Waals surface area contributed by atoms with Crippen molar-refractivity contribution in [2.24, 2.45) is 0 Å². The van der Waals surface area contributed by atoms with E-state index in [4.69, 9.17) is 4.74 Å². The Kier molecular flexibility index (Phi) is 3.85. The minimum absolute atomic E-state index is 0.0364. The van der Waals surface area contributed by atoms with Crippen LogP contribution in [0.2, 0.25) is 0 Å². The van der Waals surface area contributed by atoms with Gasteiger partial charge in [-0.15, -0.1) is 0 Å². The number of amides is 1. The van der Waals surface area contributed by atoms with Gasteiger partial charge in [0.15, 0.2) is 0 Å². The van der Waals surface area contributed by atoms with Crippen molar-refractivity contribution in [3.63, 3.8) is 0 Å². The van der Waals surface area contributed by atoms with Crippen molar-refractivity contribution >= 4 is 5.91 Å². The minimum Gasteiger partial charge on any atom is -0.496 e. The zero-order chi connectivity index (χ0) is 13.8. The number of hydrogen-bond donors (Lipinski definition) is 1. The molecule has 3 heteroatoms. The van der Waals surface area contributed by atoms with Crippen LogP contribution in [0.4, 0.5) is 0 Å². The van der Waals surface area contributed by atoms with Gasteiger partial charge in [-0.3, -0.25) is 4.79 Å². The molecule has 1 unspecified atom stereocenters. The molecule has 98 valence electrons. The minimum atomic E-state index is -0.347. The van der Waals surface area contributed by atoms with E-state index >= 15 is 0 Å². The third kappa shape index (κ3) is 2.32. The van der Waals surface area contributed by atoms with Crippen molar-refractivity contribution in [3.8, 4) is 5.75 Å². The second-order valence-corrected chi connectivity index (χ2v) is 4.22.